The number of anilines is 1. The lowest BCUT2D eigenvalue weighted by molar-refractivity contribution is -0.135. The molecule has 0 aromatic carbocycles. The van der Waals surface area contributed by atoms with Crippen molar-refractivity contribution in [2.45, 2.75) is 32.6 Å². The monoisotopic (exact) mass is 305 g/mol. The number of piperidine rings is 1. The molecule has 22 heavy (non-hydrogen) atoms. The number of hydrogen-bond donors (Lipinski definition) is 1. The highest BCUT2D eigenvalue weighted by Gasteiger charge is 2.24. The standard InChI is InChI=1S/C16H23N3O3/c1-2-9-19(12-14(20)21)15-13(7-6-8-17-15)16(22)18-10-4-3-5-11-18/h6-8H,2-5,9-12H2,1H3,(H,20,21). The second-order valence-electron chi connectivity index (χ2n) is 5.54. The summed E-state index contributed by atoms with van der Waals surface area (Å²) in [6, 6.07) is 3.47. The van der Waals surface area contributed by atoms with Gasteiger partial charge in [0, 0.05) is 25.8 Å². The second-order valence-corrected chi connectivity index (χ2v) is 5.54. The number of carbonyl (C=O) groups is 2. The molecule has 1 aliphatic heterocycles. The van der Waals surface area contributed by atoms with Gasteiger partial charge in [0.15, 0.2) is 0 Å². The van der Waals surface area contributed by atoms with Crippen LogP contribution in [-0.4, -0.2) is 53.0 Å². The Bertz CT molecular complexity index is 527. The number of aliphatic carboxylic acids is 1. The maximum Gasteiger partial charge on any atom is 0.323 e. The summed E-state index contributed by atoms with van der Waals surface area (Å²) in [6.07, 6.45) is 5.60. The fourth-order valence-electron chi connectivity index (χ4n) is 2.78. The van der Waals surface area contributed by atoms with Crippen molar-refractivity contribution in [1.29, 1.82) is 0 Å². The Balaban J connectivity index is 2.27. The van der Waals surface area contributed by atoms with Gasteiger partial charge in [-0.05, 0) is 37.8 Å². The van der Waals surface area contributed by atoms with Crippen LogP contribution in [0.25, 0.3) is 0 Å². The van der Waals surface area contributed by atoms with Crippen LogP contribution in [0, 0.1) is 0 Å². The molecule has 2 heterocycles. The third-order valence-corrected chi connectivity index (χ3v) is 3.78. The number of amides is 1. The van der Waals surface area contributed by atoms with Gasteiger partial charge in [-0.1, -0.05) is 6.92 Å². The minimum atomic E-state index is -0.921. The normalized spacial score (nSPS) is 14.7. The minimum absolute atomic E-state index is 0.0470. The van der Waals surface area contributed by atoms with Crippen LogP contribution in [0.2, 0.25) is 0 Å². The first-order chi connectivity index (χ1) is 10.6. The molecule has 1 fully saturated rings. The van der Waals surface area contributed by atoms with Crippen molar-refractivity contribution in [2.75, 3.05) is 31.1 Å². The van der Waals surface area contributed by atoms with Crippen LogP contribution in [0.4, 0.5) is 5.82 Å². The first-order valence-corrected chi connectivity index (χ1v) is 7.84. The maximum absolute atomic E-state index is 12.7. The Morgan fingerprint density at radius 2 is 2.05 bits per heavy atom. The summed E-state index contributed by atoms with van der Waals surface area (Å²) in [6.45, 7) is 3.92. The summed E-state index contributed by atoms with van der Waals surface area (Å²) < 4.78 is 0. The first-order valence-electron chi connectivity index (χ1n) is 7.84. The number of carboxylic acids is 1. The molecule has 1 aromatic rings. The molecule has 1 aliphatic rings. The van der Waals surface area contributed by atoms with E-state index in [1.165, 1.54) is 0 Å². The Morgan fingerprint density at radius 3 is 2.68 bits per heavy atom. The summed E-state index contributed by atoms with van der Waals surface area (Å²) >= 11 is 0. The number of carboxylic acid groups (broad SMARTS) is 1. The van der Waals surface area contributed by atoms with E-state index >= 15 is 0 Å². The van der Waals surface area contributed by atoms with Crippen LogP contribution in [0.15, 0.2) is 18.3 Å². The van der Waals surface area contributed by atoms with Gasteiger partial charge >= 0.3 is 5.97 Å². The van der Waals surface area contributed by atoms with Gasteiger partial charge in [-0.2, -0.15) is 0 Å². The van der Waals surface area contributed by atoms with Crippen LogP contribution in [0.5, 0.6) is 0 Å². The highest BCUT2D eigenvalue weighted by Crippen LogP contribution is 2.21. The SMILES string of the molecule is CCCN(CC(=O)O)c1ncccc1C(=O)N1CCCCC1. The van der Waals surface area contributed by atoms with E-state index in [1.54, 1.807) is 23.2 Å². The second kappa shape index (κ2) is 7.77. The quantitative estimate of drug-likeness (QED) is 0.870. The molecule has 0 unspecified atom stereocenters. The number of aromatic nitrogens is 1. The molecule has 0 spiro atoms. The molecule has 1 amide bonds. The van der Waals surface area contributed by atoms with Crippen molar-refractivity contribution >= 4 is 17.7 Å². The summed E-state index contributed by atoms with van der Waals surface area (Å²) in [5.41, 5.74) is 0.499. The zero-order valence-corrected chi connectivity index (χ0v) is 13.0. The van der Waals surface area contributed by atoms with E-state index in [4.69, 9.17) is 5.11 Å². The van der Waals surface area contributed by atoms with Crippen LogP contribution in [0.1, 0.15) is 43.0 Å². The molecule has 0 radical (unpaired) electrons. The molecule has 6 nitrogen and oxygen atoms in total. The molecule has 0 saturated carbocycles. The zero-order chi connectivity index (χ0) is 15.9. The van der Waals surface area contributed by atoms with Gasteiger partial charge in [-0.15, -0.1) is 0 Å². The molecule has 120 valence electrons. The van der Waals surface area contributed by atoms with Gasteiger partial charge in [0.2, 0.25) is 0 Å². The van der Waals surface area contributed by atoms with E-state index in [9.17, 15) is 9.59 Å². The number of likely N-dealkylation sites (tertiary alicyclic amines) is 1. The summed E-state index contributed by atoms with van der Waals surface area (Å²) in [4.78, 5) is 31.6. The third-order valence-electron chi connectivity index (χ3n) is 3.78. The van der Waals surface area contributed by atoms with Gasteiger partial charge in [0.05, 0.1) is 5.56 Å². The minimum Gasteiger partial charge on any atom is -0.480 e. The number of carbonyl (C=O) groups excluding carboxylic acids is 1. The van der Waals surface area contributed by atoms with E-state index in [1.807, 2.05) is 11.8 Å². The number of hydrogen-bond acceptors (Lipinski definition) is 4. The Morgan fingerprint density at radius 1 is 1.32 bits per heavy atom. The van der Waals surface area contributed by atoms with Crippen LogP contribution in [0.3, 0.4) is 0 Å². The molecule has 2 rings (SSSR count). The lowest BCUT2D eigenvalue weighted by Crippen LogP contribution is -2.38. The maximum atomic E-state index is 12.7. The molecule has 1 saturated heterocycles. The fraction of sp³-hybridized carbons (Fsp3) is 0.562. The molecular formula is C16H23N3O3. The van der Waals surface area contributed by atoms with E-state index in [0.29, 0.717) is 17.9 Å². The van der Waals surface area contributed by atoms with Gasteiger partial charge < -0.3 is 14.9 Å². The van der Waals surface area contributed by atoms with Gasteiger partial charge in [-0.3, -0.25) is 9.59 Å². The van der Waals surface area contributed by atoms with Crippen molar-refractivity contribution in [3.8, 4) is 0 Å². The van der Waals surface area contributed by atoms with Crippen LogP contribution in [-0.2, 0) is 4.79 Å². The van der Waals surface area contributed by atoms with Crippen molar-refractivity contribution in [3.05, 3.63) is 23.9 Å². The number of rotatable bonds is 6. The van der Waals surface area contributed by atoms with E-state index in [-0.39, 0.29) is 12.5 Å². The Hall–Kier alpha value is -2.11. The van der Waals surface area contributed by atoms with E-state index in [0.717, 1.165) is 38.8 Å². The number of pyridine rings is 1. The molecule has 1 N–H and O–H groups in total. The van der Waals surface area contributed by atoms with Crippen molar-refractivity contribution in [1.82, 2.24) is 9.88 Å². The van der Waals surface area contributed by atoms with E-state index < -0.39 is 5.97 Å². The Labute approximate surface area is 130 Å². The zero-order valence-electron chi connectivity index (χ0n) is 13.0. The lowest BCUT2D eigenvalue weighted by atomic mass is 10.1. The van der Waals surface area contributed by atoms with Crippen LogP contribution < -0.4 is 4.90 Å². The largest absolute Gasteiger partial charge is 0.480 e. The van der Waals surface area contributed by atoms with Gasteiger partial charge in [0.25, 0.3) is 5.91 Å². The molecule has 0 bridgehead atoms. The van der Waals surface area contributed by atoms with Crippen molar-refractivity contribution in [3.63, 3.8) is 0 Å². The average Bonchev–Trinajstić information content (AvgIpc) is 2.54. The topological polar surface area (TPSA) is 73.7 Å². The molecule has 1 aromatic heterocycles. The highest BCUT2D eigenvalue weighted by molar-refractivity contribution is 5.99. The molecule has 0 atom stereocenters. The highest BCUT2D eigenvalue weighted by atomic mass is 16.4. The summed E-state index contributed by atoms with van der Waals surface area (Å²) in [5.74, 6) is -0.493. The van der Waals surface area contributed by atoms with Gasteiger partial charge in [0.1, 0.15) is 12.4 Å². The first kappa shape index (κ1) is 16.3. The van der Waals surface area contributed by atoms with Gasteiger partial charge in [-0.25, -0.2) is 4.98 Å². The molecular weight excluding hydrogens is 282 g/mol. The number of nitrogens with zero attached hydrogens (tertiary/aromatic N) is 3. The smallest absolute Gasteiger partial charge is 0.323 e. The predicted octanol–water partition coefficient (Wildman–Crippen LogP) is 2.01. The summed E-state index contributed by atoms with van der Waals surface area (Å²) in [5, 5.41) is 9.09. The average molecular weight is 305 g/mol. The van der Waals surface area contributed by atoms with Crippen molar-refractivity contribution in [2.24, 2.45) is 0 Å². The van der Waals surface area contributed by atoms with Crippen LogP contribution >= 0.6 is 0 Å². The third kappa shape index (κ3) is 3.96. The van der Waals surface area contributed by atoms with E-state index in [2.05, 4.69) is 4.98 Å². The predicted molar refractivity (Wildman–Crippen MR) is 84.1 cm³/mol. The van der Waals surface area contributed by atoms with Crippen molar-refractivity contribution < 1.29 is 14.7 Å². The fourth-order valence-corrected chi connectivity index (χ4v) is 2.78. The Kier molecular flexibility index (Phi) is 5.75. The summed E-state index contributed by atoms with van der Waals surface area (Å²) in [7, 11) is 0. The lowest BCUT2D eigenvalue weighted by Gasteiger charge is -2.29. The molecule has 6 heteroatoms. The molecule has 0 aliphatic carbocycles.